The first-order chi connectivity index (χ1) is 10.6. The molecular formula is C16H15ClN4O. The van der Waals surface area contributed by atoms with Gasteiger partial charge < -0.3 is 15.2 Å². The summed E-state index contributed by atoms with van der Waals surface area (Å²) in [6, 6.07) is 12.6. The molecule has 2 aromatic carbocycles. The van der Waals surface area contributed by atoms with Crippen molar-refractivity contribution in [3.05, 3.63) is 59.4 Å². The molecule has 0 unspecified atom stereocenters. The first-order valence-electron chi connectivity index (χ1n) is 6.82. The van der Waals surface area contributed by atoms with Gasteiger partial charge in [-0.15, -0.1) is 0 Å². The van der Waals surface area contributed by atoms with Gasteiger partial charge in [0.1, 0.15) is 0 Å². The molecule has 6 heteroatoms. The molecule has 1 aromatic heterocycles. The van der Waals surface area contributed by atoms with Gasteiger partial charge in [-0.1, -0.05) is 17.7 Å². The van der Waals surface area contributed by atoms with Crippen LogP contribution >= 0.6 is 11.6 Å². The van der Waals surface area contributed by atoms with Crippen molar-refractivity contribution in [3.63, 3.8) is 0 Å². The third-order valence-corrected chi connectivity index (χ3v) is 3.60. The number of halogens is 1. The molecule has 2 amide bonds. The monoisotopic (exact) mass is 314 g/mol. The van der Waals surface area contributed by atoms with Gasteiger partial charge in [0, 0.05) is 24.3 Å². The summed E-state index contributed by atoms with van der Waals surface area (Å²) < 4.78 is 1.96. The minimum absolute atomic E-state index is 0.261. The lowest BCUT2D eigenvalue weighted by atomic mass is 10.2. The summed E-state index contributed by atoms with van der Waals surface area (Å²) in [5, 5.41) is 6.20. The Kier molecular flexibility index (Phi) is 3.98. The molecule has 22 heavy (non-hydrogen) atoms. The Labute approximate surface area is 132 Å². The van der Waals surface area contributed by atoms with Crippen molar-refractivity contribution >= 4 is 34.4 Å². The molecule has 0 aliphatic carbocycles. The maximum absolute atomic E-state index is 11.9. The van der Waals surface area contributed by atoms with Crippen LogP contribution in [0.3, 0.4) is 0 Å². The zero-order valence-corrected chi connectivity index (χ0v) is 12.8. The molecule has 0 radical (unpaired) electrons. The van der Waals surface area contributed by atoms with E-state index in [0.29, 0.717) is 17.3 Å². The predicted molar refractivity (Wildman–Crippen MR) is 88.0 cm³/mol. The van der Waals surface area contributed by atoms with Crippen molar-refractivity contribution in [2.24, 2.45) is 7.05 Å². The summed E-state index contributed by atoms with van der Waals surface area (Å²) in [5.41, 5.74) is 3.67. The number of carbonyl (C=O) groups excluding carboxylic acids is 1. The van der Waals surface area contributed by atoms with Gasteiger partial charge >= 0.3 is 6.03 Å². The van der Waals surface area contributed by atoms with E-state index in [1.54, 1.807) is 30.6 Å². The molecule has 0 aliphatic heterocycles. The van der Waals surface area contributed by atoms with Gasteiger partial charge in [-0.2, -0.15) is 0 Å². The number of carbonyl (C=O) groups is 1. The topological polar surface area (TPSA) is 59.0 Å². The van der Waals surface area contributed by atoms with E-state index in [2.05, 4.69) is 15.6 Å². The maximum Gasteiger partial charge on any atom is 0.319 e. The van der Waals surface area contributed by atoms with Gasteiger partial charge in [0.2, 0.25) is 0 Å². The number of hydrogen-bond acceptors (Lipinski definition) is 2. The average molecular weight is 315 g/mol. The number of benzene rings is 2. The van der Waals surface area contributed by atoms with Crippen LogP contribution in [0.2, 0.25) is 5.02 Å². The van der Waals surface area contributed by atoms with Crippen molar-refractivity contribution in [1.82, 2.24) is 14.9 Å². The zero-order valence-electron chi connectivity index (χ0n) is 12.0. The number of fused-ring (bicyclic) bond motifs is 1. The van der Waals surface area contributed by atoms with Crippen LogP contribution in [0.4, 0.5) is 10.5 Å². The highest BCUT2D eigenvalue weighted by Crippen LogP contribution is 2.15. The van der Waals surface area contributed by atoms with Crippen LogP contribution in [-0.2, 0) is 13.6 Å². The molecule has 0 saturated heterocycles. The number of nitrogens with one attached hydrogen (secondary N) is 2. The third-order valence-electron chi connectivity index (χ3n) is 3.34. The molecule has 0 saturated carbocycles. The normalized spacial score (nSPS) is 10.6. The molecule has 5 nitrogen and oxygen atoms in total. The highest BCUT2D eigenvalue weighted by atomic mass is 35.5. The second-order valence-corrected chi connectivity index (χ2v) is 5.43. The average Bonchev–Trinajstić information content (AvgIpc) is 2.88. The van der Waals surface area contributed by atoms with E-state index >= 15 is 0 Å². The number of rotatable bonds is 3. The Balaban J connectivity index is 1.60. The van der Waals surface area contributed by atoms with Crippen LogP contribution in [0.5, 0.6) is 0 Å². The molecule has 0 bridgehead atoms. The van der Waals surface area contributed by atoms with Crippen LogP contribution in [0, 0.1) is 0 Å². The molecule has 3 rings (SSSR count). The fourth-order valence-electron chi connectivity index (χ4n) is 2.18. The first-order valence-corrected chi connectivity index (χ1v) is 7.20. The number of amides is 2. The highest BCUT2D eigenvalue weighted by molar-refractivity contribution is 6.30. The summed E-state index contributed by atoms with van der Waals surface area (Å²) in [6.45, 7) is 0.436. The Bertz CT molecular complexity index is 811. The van der Waals surface area contributed by atoms with Crippen LogP contribution < -0.4 is 10.6 Å². The maximum atomic E-state index is 11.9. The number of aromatic nitrogens is 2. The second kappa shape index (κ2) is 6.07. The summed E-state index contributed by atoms with van der Waals surface area (Å²) in [6.07, 6.45) is 1.77. The molecule has 0 atom stereocenters. The Morgan fingerprint density at radius 2 is 2.00 bits per heavy atom. The van der Waals surface area contributed by atoms with Crippen molar-refractivity contribution in [2.45, 2.75) is 6.54 Å². The summed E-state index contributed by atoms with van der Waals surface area (Å²) >= 11 is 5.80. The van der Waals surface area contributed by atoms with Crippen LogP contribution in [0.25, 0.3) is 11.0 Å². The van der Waals surface area contributed by atoms with E-state index in [4.69, 9.17) is 11.6 Å². The third kappa shape index (κ3) is 3.20. The number of aryl methyl sites for hydroxylation is 1. The smallest absolute Gasteiger partial charge is 0.319 e. The minimum atomic E-state index is -0.261. The van der Waals surface area contributed by atoms with Gasteiger partial charge in [0.05, 0.1) is 17.4 Å². The minimum Gasteiger partial charge on any atom is -0.334 e. The van der Waals surface area contributed by atoms with Crippen molar-refractivity contribution in [1.29, 1.82) is 0 Å². The molecular weight excluding hydrogens is 300 g/mol. The molecule has 0 spiro atoms. The number of hydrogen-bond donors (Lipinski definition) is 2. The van der Waals surface area contributed by atoms with Gasteiger partial charge in [-0.3, -0.25) is 0 Å². The molecule has 1 heterocycles. The van der Waals surface area contributed by atoms with Gasteiger partial charge in [0.15, 0.2) is 0 Å². The number of imidazole rings is 1. The lowest BCUT2D eigenvalue weighted by Crippen LogP contribution is -2.28. The van der Waals surface area contributed by atoms with E-state index < -0.39 is 0 Å². The predicted octanol–water partition coefficient (Wildman–Crippen LogP) is 3.55. The van der Waals surface area contributed by atoms with Crippen LogP contribution in [-0.4, -0.2) is 15.6 Å². The lowest BCUT2D eigenvalue weighted by Gasteiger charge is -2.08. The number of anilines is 1. The summed E-state index contributed by atoms with van der Waals surface area (Å²) in [4.78, 5) is 16.2. The van der Waals surface area contributed by atoms with Crippen molar-refractivity contribution in [3.8, 4) is 0 Å². The standard InChI is InChI=1S/C16H15ClN4O/c1-21-10-19-14-8-11(2-7-15(14)21)9-18-16(22)20-13-5-3-12(17)4-6-13/h2-8,10H,9H2,1H3,(H2,18,20,22). The SMILES string of the molecule is Cn1cnc2cc(CNC(=O)Nc3ccc(Cl)cc3)ccc21. The fraction of sp³-hybridized carbons (Fsp3) is 0.125. The molecule has 112 valence electrons. The Morgan fingerprint density at radius 1 is 1.23 bits per heavy atom. The highest BCUT2D eigenvalue weighted by Gasteiger charge is 2.04. The Hall–Kier alpha value is -2.53. The van der Waals surface area contributed by atoms with E-state index in [1.807, 2.05) is 29.8 Å². The second-order valence-electron chi connectivity index (χ2n) is 4.99. The summed E-state index contributed by atoms with van der Waals surface area (Å²) in [5.74, 6) is 0. The first kappa shape index (κ1) is 14.4. The quantitative estimate of drug-likeness (QED) is 0.776. The number of urea groups is 1. The largest absolute Gasteiger partial charge is 0.334 e. The van der Waals surface area contributed by atoms with Crippen LogP contribution in [0.1, 0.15) is 5.56 Å². The molecule has 0 fully saturated rings. The van der Waals surface area contributed by atoms with Gasteiger partial charge in [0.25, 0.3) is 0 Å². The summed E-state index contributed by atoms with van der Waals surface area (Å²) in [7, 11) is 1.95. The van der Waals surface area contributed by atoms with E-state index in [0.717, 1.165) is 16.6 Å². The van der Waals surface area contributed by atoms with Crippen LogP contribution in [0.15, 0.2) is 48.8 Å². The van der Waals surface area contributed by atoms with E-state index in [9.17, 15) is 4.79 Å². The van der Waals surface area contributed by atoms with Crippen molar-refractivity contribution in [2.75, 3.05) is 5.32 Å². The van der Waals surface area contributed by atoms with Crippen molar-refractivity contribution < 1.29 is 4.79 Å². The lowest BCUT2D eigenvalue weighted by molar-refractivity contribution is 0.251. The zero-order chi connectivity index (χ0) is 15.5. The van der Waals surface area contributed by atoms with E-state index in [-0.39, 0.29) is 6.03 Å². The van der Waals surface area contributed by atoms with Gasteiger partial charge in [-0.05, 0) is 42.0 Å². The molecule has 0 aliphatic rings. The molecule has 2 N–H and O–H groups in total. The van der Waals surface area contributed by atoms with Gasteiger partial charge in [-0.25, -0.2) is 9.78 Å². The molecule has 3 aromatic rings. The fourth-order valence-corrected chi connectivity index (χ4v) is 2.31. The van der Waals surface area contributed by atoms with E-state index in [1.165, 1.54) is 0 Å². The Morgan fingerprint density at radius 3 is 2.77 bits per heavy atom. The number of nitrogens with zero attached hydrogens (tertiary/aromatic N) is 2.